The summed E-state index contributed by atoms with van der Waals surface area (Å²) in [4.78, 5) is 12.0. The summed E-state index contributed by atoms with van der Waals surface area (Å²) in [5.74, 6) is 0.267. The highest BCUT2D eigenvalue weighted by atomic mass is 32.2. The van der Waals surface area contributed by atoms with E-state index in [1.54, 1.807) is 17.7 Å². The first-order valence-electron chi connectivity index (χ1n) is 7.25. The van der Waals surface area contributed by atoms with E-state index in [0.717, 1.165) is 11.3 Å². The van der Waals surface area contributed by atoms with Gasteiger partial charge in [0, 0.05) is 6.07 Å². The van der Waals surface area contributed by atoms with Crippen LogP contribution in [0.15, 0.2) is 33.9 Å². The number of rotatable bonds is 5. The number of aryl methyl sites for hydroxylation is 3. The molecular formula is C15H16N6O2S. The molecule has 0 saturated heterocycles. The Morgan fingerprint density at radius 1 is 1.29 bits per heavy atom. The van der Waals surface area contributed by atoms with Crippen LogP contribution in [0.3, 0.4) is 0 Å². The van der Waals surface area contributed by atoms with Gasteiger partial charge < -0.3 is 4.52 Å². The number of carbonyl (C=O) groups excluding carboxylic acids is 1. The number of nitrogens with one attached hydrogen (secondary N) is 1. The minimum Gasteiger partial charge on any atom is -0.338 e. The maximum atomic E-state index is 12.0. The van der Waals surface area contributed by atoms with Crippen LogP contribution in [0, 0.1) is 20.8 Å². The van der Waals surface area contributed by atoms with Crippen molar-refractivity contribution in [3.8, 4) is 5.69 Å². The number of amides is 1. The number of tetrazole rings is 1. The second-order valence-corrected chi connectivity index (χ2v) is 6.28. The van der Waals surface area contributed by atoms with Crippen LogP contribution in [0.25, 0.3) is 5.69 Å². The molecule has 0 spiro atoms. The number of benzene rings is 1. The highest BCUT2D eigenvalue weighted by molar-refractivity contribution is 7.99. The SMILES string of the molecule is Cc1ccc(-n2nnnc2SCC(=O)Nc2cc(C)no2)c(C)c1. The van der Waals surface area contributed by atoms with Gasteiger partial charge in [0.05, 0.1) is 17.1 Å². The Hall–Kier alpha value is -2.68. The molecule has 124 valence electrons. The van der Waals surface area contributed by atoms with Crippen LogP contribution in [0.5, 0.6) is 0 Å². The zero-order valence-electron chi connectivity index (χ0n) is 13.5. The first-order valence-corrected chi connectivity index (χ1v) is 8.23. The zero-order valence-corrected chi connectivity index (χ0v) is 14.3. The Labute approximate surface area is 142 Å². The average Bonchev–Trinajstić information content (AvgIpc) is 3.14. The van der Waals surface area contributed by atoms with Gasteiger partial charge in [-0.1, -0.05) is 34.6 Å². The largest absolute Gasteiger partial charge is 0.338 e. The van der Waals surface area contributed by atoms with Gasteiger partial charge in [-0.3, -0.25) is 10.1 Å². The van der Waals surface area contributed by atoms with Gasteiger partial charge in [0.1, 0.15) is 0 Å². The lowest BCUT2D eigenvalue weighted by atomic mass is 10.1. The molecule has 0 saturated carbocycles. The predicted molar refractivity (Wildman–Crippen MR) is 89.2 cm³/mol. The molecule has 1 aromatic carbocycles. The van der Waals surface area contributed by atoms with Gasteiger partial charge in [-0.05, 0) is 42.8 Å². The van der Waals surface area contributed by atoms with Crippen LogP contribution >= 0.6 is 11.8 Å². The molecule has 1 amide bonds. The number of aromatic nitrogens is 5. The van der Waals surface area contributed by atoms with Gasteiger partial charge in [0.15, 0.2) is 0 Å². The second-order valence-electron chi connectivity index (χ2n) is 5.33. The van der Waals surface area contributed by atoms with Crippen molar-refractivity contribution in [3.63, 3.8) is 0 Å². The quantitative estimate of drug-likeness (QED) is 0.709. The fourth-order valence-corrected chi connectivity index (χ4v) is 2.87. The van der Waals surface area contributed by atoms with E-state index in [4.69, 9.17) is 4.52 Å². The molecule has 3 rings (SSSR count). The van der Waals surface area contributed by atoms with Crippen LogP contribution < -0.4 is 5.32 Å². The van der Waals surface area contributed by atoms with E-state index in [1.807, 2.05) is 26.0 Å². The maximum absolute atomic E-state index is 12.0. The van der Waals surface area contributed by atoms with Gasteiger partial charge in [-0.15, -0.1) is 5.10 Å². The van der Waals surface area contributed by atoms with Crippen molar-refractivity contribution in [2.24, 2.45) is 0 Å². The molecule has 0 radical (unpaired) electrons. The van der Waals surface area contributed by atoms with E-state index >= 15 is 0 Å². The van der Waals surface area contributed by atoms with Crippen molar-refractivity contribution < 1.29 is 9.32 Å². The molecule has 0 aliphatic carbocycles. The Kier molecular flexibility index (Phi) is 4.61. The van der Waals surface area contributed by atoms with Crippen LogP contribution in [-0.2, 0) is 4.79 Å². The molecule has 0 fully saturated rings. The van der Waals surface area contributed by atoms with E-state index in [1.165, 1.54) is 17.3 Å². The third kappa shape index (κ3) is 3.62. The van der Waals surface area contributed by atoms with Crippen molar-refractivity contribution in [3.05, 3.63) is 41.1 Å². The van der Waals surface area contributed by atoms with Crippen molar-refractivity contribution >= 4 is 23.6 Å². The third-order valence-electron chi connectivity index (χ3n) is 3.24. The van der Waals surface area contributed by atoms with Gasteiger partial charge in [0.2, 0.25) is 16.9 Å². The number of thioether (sulfide) groups is 1. The fraction of sp³-hybridized carbons (Fsp3) is 0.267. The molecule has 0 atom stereocenters. The summed E-state index contributed by atoms with van der Waals surface area (Å²) in [6.45, 7) is 5.81. The van der Waals surface area contributed by atoms with E-state index in [0.29, 0.717) is 16.7 Å². The fourth-order valence-electron chi connectivity index (χ4n) is 2.19. The lowest BCUT2D eigenvalue weighted by molar-refractivity contribution is -0.113. The highest BCUT2D eigenvalue weighted by Crippen LogP contribution is 2.21. The summed E-state index contributed by atoms with van der Waals surface area (Å²) in [5.41, 5.74) is 3.82. The molecule has 1 N–H and O–H groups in total. The summed E-state index contributed by atoms with van der Waals surface area (Å²) in [7, 11) is 0. The smallest absolute Gasteiger partial charge is 0.237 e. The van der Waals surface area contributed by atoms with Crippen molar-refractivity contribution in [2.75, 3.05) is 11.1 Å². The van der Waals surface area contributed by atoms with E-state index in [2.05, 4.69) is 32.1 Å². The van der Waals surface area contributed by atoms with E-state index in [-0.39, 0.29) is 11.7 Å². The highest BCUT2D eigenvalue weighted by Gasteiger charge is 2.14. The molecule has 2 heterocycles. The molecular weight excluding hydrogens is 328 g/mol. The normalized spacial score (nSPS) is 10.8. The van der Waals surface area contributed by atoms with Crippen LogP contribution in [0.1, 0.15) is 16.8 Å². The summed E-state index contributed by atoms with van der Waals surface area (Å²) in [6, 6.07) is 7.67. The number of anilines is 1. The summed E-state index contributed by atoms with van der Waals surface area (Å²) in [5, 5.41) is 18.6. The predicted octanol–water partition coefficient (Wildman–Crippen LogP) is 2.31. The van der Waals surface area contributed by atoms with Crippen LogP contribution in [-0.4, -0.2) is 37.0 Å². The molecule has 8 nitrogen and oxygen atoms in total. The lowest BCUT2D eigenvalue weighted by Crippen LogP contribution is -2.14. The molecule has 24 heavy (non-hydrogen) atoms. The van der Waals surface area contributed by atoms with Crippen molar-refractivity contribution in [1.29, 1.82) is 0 Å². The lowest BCUT2D eigenvalue weighted by Gasteiger charge is -2.08. The average molecular weight is 344 g/mol. The van der Waals surface area contributed by atoms with Gasteiger partial charge in [-0.2, -0.15) is 4.68 Å². The molecule has 0 aliphatic heterocycles. The number of nitrogens with zero attached hydrogens (tertiary/aromatic N) is 5. The topological polar surface area (TPSA) is 98.7 Å². The monoisotopic (exact) mass is 344 g/mol. The third-order valence-corrected chi connectivity index (χ3v) is 4.16. The summed E-state index contributed by atoms with van der Waals surface area (Å²) < 4.78 is 6.59. The van der Waals surface area contributed by atoms with Crippen LogP contribution in [0.4, 0.5) is 5.88 Å². The Morgan fingerprint density at radius 3 is 2.83 bits per heavy atom. The van der Waals surface area contributed by atoms with Crippen molar-refractivity contribution in [1.82, 2.24) is 25.4 Å². The van der Waals surface area contributed by atoms with Crippen LogP contribution in [0.2, 0.25) is 0 Å². The molecule has 0 aliphatic rings. The Balaban J connectivity index is 1.68. The van der Waals surface area contributed by atoms with Crippen molar-refractivity contribution in [2.45, 2.75) is 25.9 Å². The maximum Gasteiger partial charge on any atom is 0.237 e. The minimum atomic E-state index is -0.216. The minimum absolute atomic E-state index is 0.158. The van der Waals surface area contributed by atoms with E-state index in [9.17, 15) is 4.79 Å². The standard InChI is InChI=1S/C15H16N6O2S/c1-9-4-5-12(10(2)6-9)21-15(17-19-20-21)24-8-13(22)16-14-7-11(3)18-23-14/h4-7H,8H2,1-3H3,(H,16,22). The Morgan fingerprint density at radius 2 is 2.12 bits per heavy atom. The summed E-state index contributed by atoms with van der Waals surface area (Å²) >= 11 is 1.25. The second kappa shape index (κ2) is 6.83. The van der Waals surface area contributed by atoms with Gasteiger partial charge in [-0.25, -0.2) is 0 Å². The number of carbonyl (C=O) groups is 1. The first-order chi connectivity index (χ1) is 11.5. The molecule has 2 aromatic heterocycles. The summed E-state index contributed by atoms with van der Waals surface area (Å²) in [6.07, 6.45) is 0. The molecule has 0 unspecified atom stereocenters. The number of hydrogen-bond donors (Lipinski definition) is 1. The molecule has 0 bridgehead atoms. The first kappa shape index (κ1) is 16.2. The zero-order chi connectivity index (χ0) is 17.1. The molecule has 3 aromatic rings. The molecule has 9 heteroatoms. The van der Waals surface area contributed by atoms with E-state index < -0.39 is 0 Å². The van der Waals surface area contributed by atoms with Gasteiger partial charge >= 0.3 is 0 Å². The number of hydrogen-bond acceptors (Lipinski definition) is 7. The van der Waals surface area contributed by atoms with Gasteiger partial charge in [0.25, 0.3) is 0 Å². The Bertz CT molecular complexity index is 872.